The maximum atomic E-state index is 12.3. The number of fused-ring (bicyclic) bond motifs is 1. The van der Waals surface area contributed by atoms with Crippen molar-refractivity contribution < 1.29 is 19.0 Å². The van der Waals surface area contributed by atoms with Crippen molar-refractivity contribution in [3.05, 3.63) is 0 Å². The Morgan fingerprint density at radius 3 is 2.55 bits per heavy atom. The zero-order valence-corrected chi connectivity index (χ0v) is 12.5. The first-order valence-electron chi connectivity index (χ1n) is 8.09. The number of carbonyl (C=O) groups excluding carboxylic acids is 1. The second-order valence-corrected chi connectivity index (χ2v) is 6.83. The van der Waals surface area contributed by atoms with E-state index in [0.29, 0.717) is 6.61 Å². The van der Waals surface area contributed by atoms with E-state index in [-0.39, 0.29) is 30.2 Å². The lowest BCUT2D eigenvalue weighted by Gasteiger charge is -2.30. The summed E-state index contributed by atoms with van der Waals surface area (Å²) in [7, 11) is 0. The molecule has 114 valence electrons. The monoisotopic (exact) mass is 282 g/mol. The van der Waals surface area contributed by atoms with Crippen molar-refractivity contribution in [1.29, 1.82) is 0 Å². The molecule has 0 radical (unpaired) electrons. The summed E-state index contributed by atoms with van der Waals surface area (Å²) in [6.45, 7) is 5.78. The molecule has 0 aromatic heterocycles. The Morgan fingerprint density at radius 2 is 1.85 bits per heavy atom. The summed E-state index contributed by atoms with van der Waals surface area (Å²) >= 11 is 0. The molecule has 3 rings (SSSR count). The Labute approximate surface area is 121 Å². The Bertz CT molecular complexity index is 346. The van der Waals surface area contributed by atoms with Crippen LogP contribution in [0.25, 0.3) is 0 Å². The molecule has 1 aliphatic carbocycles. The normalized spacial score (nSPS) is 40.9. The van der Waals surface area contributed by atoms with Crippen LogP contribution in [-0.4, -0.2) is 37.5 Å². The lowest BCUT2D eigenvalue weighted by atomic mass is 9.77. The van der Waals surface area contributed by atoms with Gasteiger partial charge in [0.25, 0.3) is 0 Å². The van der Waals surface area contributed by atoms with Gasteiger partial charge in [0.15, 0.2) is 6.10 Å². The average Bonchev–Trinajstić information content (AvgIpc) is 3.04. The van der Waals surface area contributed by atoms with Gasteiger partial charge in [0, 0.05) is 6.61 Å². The second-order valence-electron chi connectivity index (χ2n) is 6.83. The quantitative estimate of drug-likeness (QED) is 0.746. The molecule has 0 spiro atoms. The molecule has 1 saturated carbocycles. The fourth-order valence-corrected chi connectivity index (χ4v) is 3.80. The molecule has 4 nitrogen and oxygen atoms in total. The minimum absolute atomic E-state index is 0.0223. The topological polar surface area (TPSA) is 44.8 Å². The summed E-state index contributed by atoms with van der Waals surface area (Å²) in [6, 6.07) is 0. The standard InChI is InChI=1S/C16H26O4/c1-10(2)11-3-5-12(6-4-11)16(17)20-14-9-19-13-7-8-18-15(13)14/h10-15H,3-9H2,1-2H3/t11?,12?,13-,14?,15?/m1/s1. The second kappa shape index (κ2) is 6.02. The van der Waals surface area contributed by atoms with Crippen LogP contribution >= 0.6 is 0 Å². The van der Waals surface area contributed by atoms with Gasteiger partial charge < -0.3 is 14.2 Å². The third-order valence-electron chi connectivity index (χ3n) is 5.24. The van der Waals surface area contributed by atoms with E-state index >= 15 is 0 Å². The Kier molecular flexibility index (Phi) is 4.32. The lowest BCUT2D eigenvalue weighted by molar-refractivity contribution is -0.160. The predicted octanol–water partition coefficient (Wildman–Crippen LogP) is 2.55. The highest BCUT2D eigenvalue weighted by molar-refractivity contribution is 5.72. The van der Waals surface area contributed by atoms with Gasteiger partial charge in [0.2, 0.25) is 0 Å². The van der Waals surface area contributed by atoms with Gasteiger partial charge in [-0.2, -0.15) is 0 Å². The van der Waals surface area contributed by atoms with Gasteiger partial charge in [0.1, 0.15) is 6.10 Å². The summed E-state index contributed by atoms with van der Waals surface area (Å²) in [6.07, 6.45) is 5.13. The Morgan fingerprint density at radius 1 is 1.10 bits per heavy atom. The molecule has 3 atom stereocenters. The van der Waals surface area contributed by atoms with E-state index in [4.69, 9.17) is 14.2 Å². The molecule has 3 aliphatic rings. The van der Waals surface area contributed by atoms with Crippen LogP contribution in [0.5, 0.6) is 0 Å². The molecule has 3 fully saturated rings. The van der Waals surface area contributed by atoms with E-state index in [2.05, 4.69) is 13.8 Å². The van der Waals surface area contributed by atoms with Gasteiger partial charge >= 0.3 is 5.97 Å². The lowest BCUT2D eigenvalue weighted by Crippen LogP contribution is -2.35. The molecule has 2 saturated heterocycles. The van der Waals surface area contributed by atoms with E-state index < -0.39 is 0 Å². The van der Waals surface area contributed by atoms with Crippen LogP contribution in [0.15, 0.2) is 0 Å². The fourth-order valence-electron chi connectivity index (χ4n) is 3.80. The molecule has 0 N–H and O–H groups in total. The van der Waals surface area contributed by atoms with Crippen molar-refractivity contribution >= 4 is 5.97 Å². The third kappa shape index (κ3) is 2.86. The van der Waals surface area contributed by atoms with Crippen LogP contribution in [-0.2, 0) is 19.0 Å². The van der Waals surface area contributed by atoms with Crippen molar-refractivity contribution in [3.63, 3.8) is 0 Å². The molecule has 0 bridgehead atoms. The van der Waals surface area contributed by atoms with Crippen molar-refractivity contribution in [2.75, 3.05) is 13.2 Å². The summed E-state index contributed by atoms with van der Waals surface area (Å²) in [5.74, 6) is 1.56. The first kappa shape index (κ1) is 14.3. The van der Waals surface area contributed by atoms with Gasteiger partial charge in [-0.05, 0) is 43.9 Å². The average molecular weight is 282 g/mol. The Balaban J connectivity index is 1.48. The molecule has 0 aromatic rings. The Hall–Kier alpha value is -0.610. The van der Waals surface area contributed by atoms with E-state index in [1.165, 1.54) is 0 Å². The zero-order chi connectivity index (χ0) is 14.1. The van der Waals surface area contributed by atoms with Crippen LogP contribution in [0.1, 0.15) is 46.0 Å². The smallest absolute Gasteiger partial charge is 0.309 e. The number of rotatable bonds is 3. The molecule has 4 heteroatoms. The molecule has 20 heavy (non-hydrogen) atoms. The minimum Gasteiger partial charge on any atom is -0.457 e. The van der Waals surface area contributed by atoms with E-state index in [9.17, 15) is 4.79 Å². The largest absolute Gasteiger partial charge is 0.457 e. The maximum Gasteiger partial charge on any atom is 0.309 e. The molecule has 2 aliphatic heterocycles. The fraction of sp³-hybridized carbons (Fsp3) is 0.938. The number of carbonyl (C=O) groups is 1. The predicted molar refractivity (Wildman–Crippen MR) is 74.3 cm³/mol. The van der Waals surface area contributed by atoms with Crippen molar-refractivity contribution in [2.45, 2.75) is 64.3 Å². The van der Waals surface area contributed by atoms with E-state index in [0.717, 1.165) is 50.5 Å². The van der Waals surface area contributed by atoms with E-state index in [1.807, 2.05) is 0 Å². The SMILES string of the molecule is CC(C)C1CCC(C(=O)OC2CO[C@@H]3CCOC23)CC1. The van der Waals surface area contributed by atoms with Crippen molar-refractivity contribution in [2.24, 2.45) is 17.8 Å². The van der Waals surface area contributed by atoms with Crippen LogP contribution in [0.4, 0.5) is 0 Å². The van der Waals surface area contributed by atoms with Crippen LogP contribution in [0, 0.1) is 17.8 Å². The highest BCUT2D eigenvalue weighted by atomic mass is 16.6. The number of hydrogen-bond acceptors (Lipinski definition) is 4. The van der Waals surface area contributed by atoms with Gasteiger partial charge in [-0.25, -0.2) is 0 Å². The highest BCUT2D eigenvalue weighted by Gasteiger charge is 2.44. The summed E-state index contributed by atoms with van der Waals surface area (Å²) < 4.78 is 16.9. The highest BCUT2D eigenvalue weighted by Crippen LogP contribution is 2.35. The molecule has 0 aromatic carbocycles. The number of ether oxygens (including phenoxy) is 3. The molecule has 2 unspecified atom stereocenters. The minimum atomic E-state index is -0.183. The summed E-state index contributed by atoms with van der Waals surface area (Å²) in [5.41, 5.74) is 0. The van der Waals surface area contributed by atoms with Gasteiger partial charge in [-0.15, -0.1) is 0 Å². The van der Waals surface area contributed by atoms with E-state index in [1.54, 1.807) is 0 Å². The van der Waals surface area contributed by atoms with Crippen LogP contribution < -0.4 is 0 Å². The first-order valence-corrected chi connectivity index (χ1v) is 8.09. The maximum absolute atomic E-state index is 12.3. The van der Waals surface area contributed by atoms with Crippen molar-refractivity contribution in [3.8, 4) is 0 Å². The third-order valence-corrected chi connectivity index (χ3v) is 5.24. The van der Waals surface area contributed by atoms with Gasteiger partial charge in [-0.3, -0.25) is 4.79 Å². The van der Waals surface area contributed by atoms with Gasteiger partial charge in [0.05, 0.1) is 18.6 Å². The van der Waals surface area contributed by atoms with Crippen molar-refractivity contribution in [1.82, 2.24) is 0 Å². The molecule has 2 heterocycles. The number of hydrogen-bond donors (Lipinski definition) is 0. The summed E-state index contributed by atoms with van der Waals surface area (Å²) in [4.78, 5) is 12.3. The molecule has 0 amide bonds. The number of esters is 1. The van der Waals surface area contributed by atoms with Crippen LogP contribution in [0.2, 0.25) is 0 Å². The zero-order valence-electron chi connectivity index (χ0n) is 12.5. The molecular weight excluding hydrogens is 256 g/mol. The van der Waals surface area contributed by atoms with Gasteiger partial charge in [-0.1, -0.05) is 13.8 Å². The van der Waals surface area contributed by atoms with Crippen LogP contribution in [0.3, 0.4) is 0 Å². The molecular formula is C16H26O4. The first-order chi connectivity index (χ1) is 9.65. The summed E-state index contributed by atoms with van der Waals surface area (Å²) in [5, 5.41) is 0.